The fourth-order valence-electron chi connectivity index (χ4n) is 5.09. The van der Waals surface area contributed by atoms with Crippen LogP contribution in [0.3, 0.4) is 0 Å². The predicted octanol–water partition coefficient (Wildman–Crippen LogP) is 5.20. The Hall–Kier alpha value is -3.13. The molecule has 2 saturated heterocycles. The van der Waals surface area contributed by atoms with Crippen LogP contribution in [0, 0.1) is 19.3 Å². The van der Waals surface area contributed by atoms with Crippen LogP contribution >= 0.6 is 12.2 Å². The molecule has 0 saturated carbocycles. The van der Waals surface area contributed by atoms with Crippen LogP contribution in [0.5, 0.6) is 0 Å². The van der Waals surface area contributed by atoms with Crippen LogP contribution in [0.15, 0.2) is 42.5 Å². The number of nitrogens with zero attached hydrogens (tertiary/aromatic N) is 2. The lowest BCUT2D eigenvalue weighted by atomic mass is 9.78. The fourth-order valence-corrected chi connectivity index (χ4v) is 5.39. The van der Waals surface area contributed by atoms with Gasteiger partial charge in [0.25, 0.3) is 0 Å². The summed E-state index contributed by atoms with van der Waals surface area (Å²) in [6, 6.07) is 13.1. The molecule has 4 rings (SSSR count). The molecule has 7 nitrogen and oxygen atoms in total. The van der Waals surface area contributed by atoms with Gasteiger partial charge in [0, 0.05) is 37.6 Å². The van der Waals surface area contributed by atoms with Crippen LogP contribution < -0.4 is 10.6 Å². The highest BCUT2D eigenvalue weighted by molar-refractivity contribution is 7.80. The molecule has 2 aliphatic heterocycles. The number of aryl methyl sites for hydroxylation is 2. The molecule has 2 heterocycles. The van der Waals surface area contributed by atoms with E-state index in [0.717, 1.165) is 56.2 Å². The third-order valence-corrected chi connectivity index (χ3v) is 7.30. The maximum absolute atomic E-state index is 12.9. The van der Waals surface area contributed by atoms with Crippen molar-refractivity contribution in [3.8, 4) is 0 Å². The Morgan fingerprint density at radius 3 is 2.26 bits per heavy atom. The number of hydrogen-bond donors (Lipinski definition) is 2. The smallest absolute Gasteiger partial charge is 0.338 e. The van der Waals surface area contributed by atoms with E-state index in [1.807, 2.05) is 4.90 Å². The molecule has 2 N–H and O–H groups in total. The van der Waals surface area contributed by atoms with Crippen LogP contribution in [0.2, 0.25) is 0 Å². The third kappa shape index (κ3) is 6.11. The van der Waals surface area contributed by atoms with Crippen molar-refractivity contribution >= 4 is 40.7 Å². The van der Waals surface area contributed by atoms with Gasteiger partial charge in [-0.05, 0) is 99.1 Å². The average molecular weight is 495 g/mol. The second-order valence-electron chi connectivity index (χ2n) is 9.70. The van der Waals surface area contributed by atoms with Gasteiger partial charge in [-0.2, -0.15) is 0 Å². The number of nitrogens with one attached hydrogen (secondary N) is 2. The molecule has 0 bridgehead atoms. The highest BCUT2D eigenvalue weighted by Crippen LogP contribution is 2.40. The molecule has 186 valence electrons. The quantitative estimate of drug-likeness (QED) is 0.450. The van der Waals surface area contributed by atoms with Crippen molar-refractivity contribution in [2.45, 2.75) is 40.0 Å². The highest BCUT2D eigenvalue weighted by atomic mass is 32.1. The van der Waals surface area contributed by atoms with E-state index in [9.17, 15) is 9.59 Å². The number of rotatable bonds is 4. The second-order valence-corrected chi connectivity index (χ2v) is 10.1. The van der Waals surface area contributed by atoms with E-state index in [1.54, 1.807) is 31.2 Å². The molecule has 35 heavy (non-hydrogen) atoms. The number of urea groups is 1. The normalized spacial score (nSPS) is 16.8. The number of piperidine rings is 1. The monoisotopic (exact) mass is 494 g/mol. The van der Waals surface area contributed by atoms with Gasteiger partial charge >= 0.3 is 12.0 Å². The van der Waals surface area contributed by atoms with Gasteiger partial charge in [-0.25, -0.2) is 9.59 Å². The lowest BCUT2D eigenvalue weighted by Crippen LogP contribution is -2.46. The summed E-state index contributed by atoms with van der Waals surface area (Å²) in [5, 5.41) is 7.10. The van der Waals surface area contributed by atoms with E-state index in [4.69, 9.17) is 17.0 Å². The van der Waals surface area contributed by atoms with Gasteiger partial charge < -0.3 is 25.2 Å². The molecule has 0 unspecified atom stereocenters. The molecule has 2 aromatic rings. The highest BCUT2D eigenvalue weighted by Gasteiger charge is 2.42. The van der Waals surface area contributed by atoms with Gasteiger partial charge in [0.15, 0.2) is 5.11 Å². The second kappa shape index (κ2) is 10.6. The van der Waals surface area contributed by atoms with E-state index in [1.165, 1.54) is 11.1 Å². The van der Waals surface area contributed by atoms with Crippen molar-refractivity contribution in [3.05, 3.63) is 59.2 Å². The number of carbonyl (C=O) groups excluding carboxylic acids is 2. The number of hydrogen-bond acceptors (Lipinski definition) is 4. The molecular formula is C27H34N4O3S. The third-order valence-electron chi connectivity index (χ3n) is 6.93. The molecule has 2 amide bonds. The van der Waals surface area contributed by atoms with E-state index in [-0.39, 0.29) is 17.4 Å². The van der Waals surface area contributed by atoms with Crippen LogP contribution in [0.25, 0.3) is 0 Å². The summed E-state index contributed by atoms with van der Waals surface area (Å²) in [5.41, 5.74) is 4.62. The molecule has 0 radical (unpaired) electrons. The van der Waals surface area contributed by atoms with Gasteiger partial charge in [-0.3, -0.25) is 0 Å². The first kappa shape index (κ1) is 25.0. The molecule has 2 aromatic carbocycles. The number of anilines is 2. The van der Waals surface area contributed by atoms with Gasteiger partial charge in [-0.1, -0.05) is 12.1 Å². The Balaban J connectivity index is 1.29. The molecule has 2 aliphatic rings. The Kier molecular flexibility index (Phi) is 7.60. The number of benzene rings is 2. The van der Waals surface area contributed by atoms with Crippen molar-refractivity contribution in [2.75, 3.05) is 43.4 Å². The summed E-state index contributed by atoms with van der Waals surface area (Å²) in [7, 11) is 0. The molecular weight excluding hydrogens is 460 g/mol. The SMILES string of the molecule is CCOC(=O)c1cccc(NC(=O)N2CCC3(CCN(C(=S)Nc4cc(C)cc(C)c4)CC3)C2)c1. The van der Waals surface area contributed by atoms with Crippen molar-refractivity contribution in [3.63, 3.8) is 0 Å². The summed E-state index contributed by atoms with van der Waals surface area (Å²) in [5.74, 6) is -0.388. The maximum atomic E-state index is 12.9. The zero-order chi connectivity index (χ0) is 25.0. The summed E-state index contributed by atoms with van der Waals surface area (Å²) in [4.78, 5) is 29.0. The van der Waals surface area contributed by atoms with Crippen molar-refractivity contribution in [1.29, 1.82) is 0 Å². The Morgan fingerprint density at radius 2 is 1.60 bits per heavy atom. The van der Waals surface area contributed by atoms with Crippen molar-refractivity contribution in [2.24, 2.45) is 5.41 Å². The topological polar surface area (TPSA) is 73.9 Å². The molecule has 2 fully saturated rings. The Labute approximate surface area is 212 Å². The molecule has 0 aliphatic carbocycles. The first-order valence-electron chi connectivity index (χ1n) is 12.2. The van der Waals surface area contributed by atoms with E-state index in [0.29, 0.717) is 17.9 Å². The standard InChI is InChI=1S/C27H34N4O3S/c1-4-34-24(32)21-6-5-7-22(17-21)28-25(33)31-13-10-27(18-31)8-11-30(12-9-27)26(35)29-23-15-19(2)14-20(3)16-23/h5-7,14-17H,4,8-13,18H2,1-3H3,(H,28,33)(H,29,35). The average Bonchev–Trinajstić information content (AvgIpc) is 3.23. The van der Waals surface area contributed by atoms with Gasteiger partial charge in [0.2, 0.25) is 0 Å². The largest absolute Gasteiger partial charge is 0.462 e. The summed E-state index contributed by atoms with van der Waals surface area (Å²) >= 11 is 5.70. The van der Waals surface area contributed by atoms with Gasteiger partial charge in [0.05, 0.1) is 12.2 Å². The number of esters is 1. The predicted molar refractivity (Wildman–Crippen MR) is 143 cm³/mol. The maximum Gasteiger partial charge on any atom is 0.338 e. The Bertz CT molecular complexity index is 1090. The first-order chi connectivity index (χ1) is 16.8. The minimum absolute atomic E-state index is 0.127. The minimum atomic E-state index is -0.388. The van der Waals surface area contributed by atoms with Crippen LogP contribution in [-0.2, 0) is 4.74 Å². The van der Waals surface area contributed by atoms with E-state index in [2.05, 4.69) is 47.6 Å². The lowest BCUT2D eigenvalue weighted by molar-refractivity contribution is 0.0526. The summed E-state index contributed by atoms with van der Waals surface area (Å²) in [6.45, 7) is 9.49. The number of amides is 2. The number of ether oxygens (including phenoxy) is 1. The number of carbonyl (C=O) groups is 2. The van der Waals surface area contributed by atoms with Gasteiger partial charge in [0.1, 0.15) is 0 Å². The van der Waals surface area contributed by atoms with E-state index < -0.39 is 0 Å². The van der Waals surface area contributed by atoms with E-state index >= 15 is 0 Å². The zero-order valence-electron chi connectivity index (χ0n) is 20.7. The lowest BCUT2D eigenvalue weighted by Gasteiger charge is -2.40. The van der Waals surface area contributed by atoms with Crippen molar-refractivity contribution < 1.29 is 14.3 Å². The summed E-state index contributed by atoms with van der Waals surface area (Å²) < 4.78 is 5.05. The van der Waals surface area contributed by atoms with Crippen molar-refractivity contribution in [1.82, 2.24) is 9.80 Å². The molecule has 8 heteroatoms. The van der Waals surface area contributed by atoms with Crippen LogP contribution in [0.4, 0.5) is 16.2 Å². The molecule has 1 spiro atoms. The zero-order valence-corrected chi connectivity index (χ0v) is 21.5. The number of likely N-dealkylation sites (tertiary alicyclic amines) is 2. The Morgan fingerprint density at radius 1 is 0.943 bits per heavy atom. The van der Waals surface area contributed by atoms with Gasteiger partial charge in [-0.15, -0.1) is 0 Å². The minimum Gasteiger partial charge on any atom is -0.462 e. The molecule has 0 atom stereocenters. The fraction of sp³-hybridized carbons (Fsp3) is 0.444. The summed E-state index contributed by atoms with van der Waals surface area (Å²) in [6.07, 6.45) is 3.00. The number of thiocarbonyl (C=S) groups is 1. The first-order valence-corrected chi connectivity index (χ1v) is 12.7. The van der Waals surface area contributed by atoms with Crippen LogP contribution in [-0.4, -0.2) is 59.7 Å². The van der Waals surface area contributed by atoms with Crippen LogP contribution in [0.1, 0.15) is 47.7 Å². The molecule has 0 aromatic heterocycles.